The summed E-state index contributed by atoms with van der Waals surface area (Å²) in [6.45, 7) is 3.77. The Morgan fingerprint density at radius 1 is 1.15 bits per heavy atom. The summed E-state index contributed by atoms with van der Waals surface area (Å²) in [4.78, 5) is 20.2. The summed E-state index contributed by atoms with van der Waals surface area (Å²) in [6, 6.07) is 14.8. The van der Waals surface area contributed by atoms with E-state index in [0.717, 1.165) is 44.6 Å². The monoisotopic (exact) mass is 517 g/mol. The highest BCUT2D eigenvalue weighted by Crippen LogP contribution is 2.29. The summed E-state index contributed by atoms with van der Waals surface area (Å²) in [7, 11) is -3.73. The van der Waals surface area contributed by atoms with Crippen LogP contribution in [-0.4, -0.2) is 43.2 Å². The predicted molar refractivity (Wildman–Crippen MR) is 133 cm³/mol. The smallest absolute Gasteiger partial charge is 0.257 e. The fourth-order valence-electron chi connectivity index (χ4n) is 4.50. The van der Waals surface area contributed by atoms with Crippen molar-refractivity contribution in [3.63, 3.8) is 0 Å². The molecule has 2 N–H and O–H groups in total. The molecular formula is C24H26ClN4O3S2+. The molecule has 7 nitrogen and oxygen atoms in total. The zero-order valence-corrected chi connectivity index (χ0v) is 21.0. The van der Waals surface area contributed by atoms with E-state index in [2.05, 4.69) is 34.6 Å². The van der Waals surface area contributed by atoms with Crippen molar-refractivity contribution in [1.29, 1.82) is 0 Å². The van der Waals surface area contributed by atoms with Gasteiger partial charge in [-0.05, 0) is 31.0 Å². The molecule has 2 aliphatic heterocycles. The van der Waals surface area contributed by atoms with Gasteiger partial charge in [-0.1, -0.05) is 53.3 Å². The molecule has 34 heavy (non-hydrogen) atoms. The Labute approximate surface area is 208 Å². The molecule has 2 aromatic carbocycles. The number of carbonyl (C=O) groups excluding carboxylic acids is 1. The first kappa shape index (κ1) is 23.4. The fraction of sp³-hybridized carbons (Fsp3) is 0.333. The number of sulfonamides is 1. The number of hydrogen-bond acceptors (Lipinski definition) is 5. The van der Waals surface area contributed by atoms with Crippen molar-refractivity contribution in [2.75, 3.05) is 25.0 Å². The maximum Gasteiger partial charge on any atom is 0.257 e. The minimum atomic E-state index is -3.73. The SMILES string of the molecule is O=C(Nc1nc2c(s1)C[NH+](Cc1ccccc1)CC2)c1ccc(Cl)c(S(=O)(=O)N2CCCC2)c1. The summed E-state index contributed by atoms with van der Waals surface area (Å²) in [5, 5.41) is 3.51. The first-order valence-electron chi connectivity index (χ1n) is 11.4. The Morgan fingerprint density at radius 2 is 1.91 bits per heavy atom. The van der Waals surface area contributed by atoms with Crippen molar-refractivity contribution >= 4 is 44.0 Å². The highest BCUT2D eigenvalue weighted by atomic mass is 35.5. The minimum Gasteiger partial charge on any atom is -0.326 e. The topological polar surface area (TPSA) is 83.8 Å². The van der Waals surface area contributed by atoms with E-state index in [4.69, 9.17) is 11.6 Å². The maximum absolute atomic E-state index is 13.0. The van der Waals surface area contributed by atoms with Gasteiger partial charge in [0.25, 0.3) is 5.91 Å². The Hall–Kier alpha value is -2.30. The third kappa shape index (κ3) is 4.89. The molecule has 1 amide bonds. The van der Waals surface area contributed by atoms with E-state index >= 15 is 0 Å². The number of halogens is 1. The fourth-order valence-corrected chi connectivity index (χ4v) is 7.59. The van der Waals surface area contributed by atoms with Gasteiger partial charge in [0.1, 0.15) is 18.0 Å². The highest BCUT2D eigenvalue weighted by molar-refractivity contribution is 7.89. The first-order chi connectivity index (χ1) is 16.4. The summed E-state index contributed by atoms with van der Waals surface area (Å²) in [5.41, 5.74) is 2.58. The van der Waals surface area contributed by atoms with E-state index in [1.807, 2.05) is 6.07 Å². The largest absolute Gasteiger partial charge is 0.326 e. The number of quaternary nitrogens is 1. The van der Waals surface area contributed by atoms with E-state index in [1.165, 1.54) is 43.1 Å². The normalized spacial score (nSPS) is 18.6. The van der Waals surface area contributed by atoms with Gasteiger partial charge < -0.3 is 4.90 Å². The molecule has 1 unspecified atom stereocenters. The van der Waals surface area contributed by atoms with Crippen LogP contribution in [0.5, 0.6) is 0 Å². The lowest BCUT2D eigenvalue weighted by Crippen LogP contribution is -3.10. The Bertz CT molecular complexity index is 1310. The molecule has 178 valence electrons. The second-order valence-corrected chi connectivity index (χ2v) is 12.1. The van der Waals surface area contributed by atoms with Gasteiger partial charge >= 0.3 is 0 Å². The number of nitrogens with one attached hydrogen (secondary N) is 2. The Balaban J connectivity index is 1.29. The van der Waals surface area contributed by atoms with Gasteiger partial charge in [-0.15, -0.1) is 0 Å². The average molecular weight is 518 g/mol. The average Bonchev–Trinajstić information content (AvgIpc) is 3.50. The number of aromatic nitrogens is 1. The Morgan fingerprint density at radius 3 is 2.68 bits per heavy atom. The molecular weight excluding hydrogens is 492 g/mol. The molecule has 0 aliphatic carbocycles. The lowest BCUT2D eigenvalue weighted by atomic mass is 10.1. The molecule has 5 rings (SSSR count). The van der Waals surface area contributed by atoms with Crippen LogP contribution in [0.15, 0.2) is 53.4 Å². The number of thiazole rings is 1. The number of benzene rings is 2. The van der Waals surface area contributed by atoms with Gasteiger partial charge in [0.05, 0.1) is 22.1 Å². The molecule has 2 aliphatic rings. The number of anilines is 1. The molecule has 1 aromatic heterocycles. The molecule has 0 saturated carbocycles. The maximum atomic E-state index is 13.0. The molecule has 0 bridgehead atoms. The molecule has 3 aromatic rings. The summed E-state index contributed by atoms with van der Waals surface area (Å²) >= 11 is 7.70. The van der Waals surface area contributed by atoms with Crippen molar-refractivity contribution in [3.05, 3.63) is 75.3 Å². The van der Waals surface area contributed by atoms with Crippen molar-refractivity contribution in [2.45, 2.75) is 37.2 Å². The third-order valence-electron chi connectivity index (χ3n) is 6.30. The second-order valence-electron chi connectivity index (χ2n) is 8.69. The molecule has 0 spiro atoms. The Kier molecular flexibility index (Phi) is 6.72. The van der Waals surface area contributed by atoms with Crippen LogP contribution in [-0.2, 0) is 29.5 Å². The lowest BCUT2D eigenvalue weighted by molar-refractivity contribution is -0.929. The van der Waals surface area contributed by atoms with Gasteiger partial charge in [0.2, 0.25) is 10.0 Å². The van der Waals surface area contributed by atoms with Crippen LogP contribution in [0.25, 0.3) is 0 Å². The lowest BCUT2D eigenvalue weighted by Gasteiger charge is -2.22. The molecule has 1 fully saturated rings. The number of fused-ring (bicyclic) bond motifs is 1. The molecule has 10 heteroatoms. The van der Waals surface area contributed by atoms with Crippen molar-refractivity contribution in [2.24, 2.45) is 0 Å². The first-order valence-corrected chi connectivity index (χ1v) is 14.0. The van der Waals surface area contributed by atoms with Gasteiger partial charge in [-0.25, -0.2) is 13.4 Å². The molecule has 3 heterocycles. The van der Waals surface area contributed by atoms with E-state index in [0.29, 0.717) is 18.2 Å². The number of amides is 1. The van der Waals surface area contributed by atoms with E-state index in [9.17, 15) is 13.2 Å². The van der Waals surface area contributed by atoms with E-state index < -0.39 is 15.9 Å². The van der Waals surface area contributed by atoms with E-state index in [1.54, 1.807) is 6.07 Å². The number of rotatable bonds is 6. The molecule has 1 saturated heterocycles. The van der Waals surface area contributed by atoms with E-state index in [-0.39, 0.29) is 15.5 Å². The zero-order valence-electron chi connectivity index (χ0n) is 18.6. The van der Waals surface area contributed by atoms with Crippen molar-refractivity contribution < 1.29 is 18.1 Å². The van der Waals surface area contributed by atoms with Crippen molar-refractivity contribution in [1.82, 2.24) is 9.29 Å². The van der Waals surface area contributed by atoms with Crippen LogP contribution < -0.4 is 10.2 Å². The predicted octanol–water partition coefficient (Wildman–Crippen LogP) is 2.97. The van der Waals surface area contributed by atoms with Crippen LogP contribution >= 0.6 is 22.9 Å². The van der Waals surface area contributed by atoms with Crippen molar-refractivity contribution in [3.8, 4) is 0 Å². The van der Waals surface area contributed by atoms with Crippen LogP contribution in [0.2, 0.25) is 5.02 Å². The molecule has 1 atom stereocenters. The standard InChI is InChI=1S/C24H25ClN4O3S2/c25-19-9-8-18(14-22(19)34(31,32)29-11-4-5-12-29)23(30)27-24-26-20-10-13-28(16-21(20)33-24)15-17-6-2-1-3-7-17/h1-3,6-9,14H,4-5,10-13,15-16H2,(H,26,27,30)/p+1. The summed E-state index contributed by atoms with van der Waals surface area (Å²) in [5.74, 6) is -0.394. The highest BCUT2D eigenvalue weighted by Gasteiger charge is 2.30. The number of hydrogen-bond donors (Lipinski definition) is 2. The number of carbonyl (C=O) groups is 1. The quantitative estimate of drug-likeness (QED) is 0.526. The van der Waals surface area contributed by atoms with Crippen LogP contribution in [0.1, 0.15) is 39.3 Å². The third-order valence-corrected chi connectivity index (χ3v) is 9.69. The summed E-state index contributed by atoms with van der Waals surface area (Å²) < 4.78 is 27.4. The van der Waals surface area contributed by atoms with Crippen LogP contribution in [0.4, 0.5) is 5.13 Å². The number of nitrogens with zero attached hydrogens (tertiary/aromatic N) is 2. The molecule has 0 radical (unpaired) electrons. The summed E-state index contributed by atoms with van der Waals surface area (Å²) in [6.07, 6.45) is 2.52. The van der Waals surface area contributed by atoms with Crippen LogP contribution in [0.3, 0.4) is 0 Å². The minimum absolute atomic E-state index is 0.0256. The van der Waals surface area contributed by atoms with Gasteiger partial charge in [0.15, 0.2) is 5.13 Å². The van der Waals surface area contributed by atoms with Gasteiger partial charge in [-0.2, -0.15) is 4.31 Å². The second kappa shape index (κ2) is 9.75. The zero-order chi connectivity index (χ0) is 23.7. The van der Waals surface area contributed by atoms with Gasteiger partial charge in [0, 0.05) is 30.6 Å². The van der Waals surface area contributed by atoms with Gasteiger partial charge in [-0.3, -0.25) is 10.1 Å². The van der Waals surface area contributed by atoms with Crippen LogP contribution in [0, 0.1) is 0 Å².